The van der Waals surface area contributed by atoms with Gasteiger partial charge < -0.3 is 15.2 Å². The Kier molecular flexibility index (Phi) is 8.83. The van der Waals surface area contributed by atoms with Crippen molar-refractivity contribution >= 4 is 29.9 Å². The molecule has 0 unspecified atom stereocenters. The summed E-state index contributed by atoms with van der Waals surface area (Å²) in [7, 11) is 1.80. The molecule has 2 aromatic carbocycles. The van der Waals surface area contributed by atoms with Crippen molar-refractivity contribution < 1.29 is 0 Å². The molecule has 0 saturated carbocycles. The second-order valence-electron chi connectivity index (χ2n) is 6.14. The van der Waals surface area contributed by atoms with Gasteiger partial charge in [0.15, 0.2) is 5.96 Å². The fourth-order valence-corrected chi connectivity index (χ4v) is 2.81. The number of hydrogen-bond acceptors (Lipinski definition) is 2. The second-order valence-corrected chi connectivity index (χ2v) is 6.14. The number of guanidine groups is 1. The summed E-state index contributed by atoms with van der Waals surface area (Å²) in [5.74, 6) is 0.820. The normalized spacial score (nSPS) is 10.9. The van der Waals surface area contributed by atoms with Crippen LogP contribution in [-0.2, 0) is 19.5 Å². The molecule has 0 radical (unpaired) electrons. The number of imidazole rings is 1. The van der Waals surface area contributed by atoms with E-state index < -0.39 is 0 Å². The Morgan fingerprint density at radius 3 is 2.52 bits per heavy atom. The first-order valence-corrected chi connectivity index (χ1v) is 8.85. The number of halogens is 1. The summed E-state index contributed by atoms with van der Waals surface area (Å²) >= 11 is 0. The van der Waals surface area contributed by atoms with E-state index in [1.807, 2.05) is 18.6 Å². The lowest BCUT2D eigenvalue weighted by atomic mass is 10.1. The predicted molar refractivity (Wildman–Crippen MR) is 122 cm³/mol. The highest BCUT2D eigenvalue weighted by Crippen LogP contribution is 2.07. The fourth-order valence-electron chi connectivity index (χ4n) is 2.81. The molecule has 0 aliphatic carbocycles. The second kappa shape index (κ2) is 11.4. The first-order chi connectivity index (χ1) is 12.8. The van der Waals surface area contributed by atoms with Crippen LogP contribution in [-0.4, -0.2) is 29.1 Å². The number of benzene rings is 2. The van der Waals surface area contributed by atoms with E-state index in [2.05, 4.69) is 73.7 Å². The van der Waals surface area contributed by atoms with Crippen LogP contribution >= 0.6 is 24.0 Å². The molecule has 0 amide bonds. The molecule has 5 nitrogen and oxygen atoms in total. The topological polar surface area (TPSA) is 54.2 Å². The standard InChI is InChI=1S/C21H25N5.HI/c1-22-21(24-11-10-18-6-3-2-4-7-18)25-15-19-8-5-9-20(14-19)16-26-13-12-23-17-26;/h2-9,12-14,17H,10-11,15-16H2,1H3,(H2,22,24,25);1H. The SMILES string of the molecule is CN=C(NCCc1ccccc1)NCc1cccc(Cn2ccnc2)c1.I. The zero-order valence-corrected chi connectivity index (χ0v) is 17.8. The summed E-state index contributed by atoms with van der Waals surface area (Å²) in [6.07, 6.45) is 6.59. The van der Waals surface area contributed by atoms with Crippen molar-refractivity contribution in [2.24, 2.45) is 4.99 Å². The third-order valence-corrected chi connectivity index (χ3v) is 4.15. The van der Waals surface area contributed by atoms with Crippen molar-refractivity contribution in [3.05, 3.63) is 90.0 Å². The van der Waals surface area contributed by atoms with Gasteiger partial charge in [-0.3, -0.25) is 4.99 Å². The smallest absolute Gasteiger partial charge is 0.191 e. The van der Waals surface area contributed by atoms with E-state index >= 15 is 0 Å². The predicted octanol–water partition coefficient (Wildman–Crippen LogP) is 3.46. The summed E-state index contributed by atoms with van der Waals surface area (Å²) in [6.45, 7) is 2.42. The highest BCUT2D eigenvalue weighted by molar-refractivity contribution is 14.0. The molecule has 0 aliphatic rings. The summed E-state index contributed by atoms with van der Waals surface area (Å²) in [5.41, 5.74) is 3.81. The van der Waals surface area contributed by atoms with Crippen molar-refractivity contribution in [2.45, 2.75) is 19.5 Å². The molecule has 0 spiro atoms. The van der Waals surface area contributed by atoms with E-state index in [1.165, 1.54) is 16.7 Å². The number of hydrogen-bond donors (Lipinski definition) is 2. The fraction of sp³-hybridized carbons (Fsp3) is 0.238. The average Bonchev–Trinajstić information content (AvgIpc) is 3.18. The number of nitrogens with zero attached hydrogens (tertiary/aromatic N) is 3. The van der Waals surface area contributed by atoms with Crippen LogP contribution in [0, 0.1) is 0 Å². The van der Waals surface area contributed by atoms with Crippen LogP contribution in [0.25, 0.3) is 0 Å². The third-order valence-electron chi connectivity index (χ3n) is 4.15. The van der Waals surface area contributed by atoms with Gasteiger partial charge in [0, 0.05) is 39.1 Å². The molecule has 2 N–H and O–H groups in total. The zero-order valence-electron chi connectivity index (χ0n) is 15.5. The minimum absolute atomic E-state index is 0. The maximum atomic E-state index is 4.30. The molecule has 0 bridgehead atoms. The van der Waals surface area contributed by atoms with Gasteiger partial charge in [-0.1, -0.05) is 54.6 Å². The van der Waals surface area contributed by atoms with E-state index in [0.29, 0.717) is 0 Å². The van der Waals surface area contributed by atoms with Gasteiger partial charge in [-0.25, -0.2) is 4.98 Å². The number of aliphatic imine (C=N–C) groups is 1. The molecule has 0 aliphatic heterocycles. The van der Waals surface area contributed by atoms with Gasteiger partial charge in [0.05, 0.1) is 6.33 Å². The average molecular weight is 475 g/mol. The van der Waals surface area contributed by atoms with E-state index in [0.717, 1.165) is 32.0 Å². The third kappa shape index (κ3) is 7.05. The Morgan fingerprint density at radius 1 is 1.00 bits per heavy atom. The van der Waals surface area contributed by atoms with E-state index in [9.17, 15) is 0 Å². The largest absolute Gasteiger partial charge is 0.356 e. The maximum Gasteiger partial charge on any atom is 0.191 e. The molecule has 0 atom stereocenters. The van der Waals surface area contributed by atoms with E-state index in [4.69, 9.17) is 0 Å². The minimum atomic E-state index is 0. The van der Waals surface area contributed by atoms with Gasteiger partial charge in [-0.2, -0.15) is 0 Å². The molecule has 3 rings (SSSR count). The Hall–Kier alpha value is -2.35. The highest BCUT2D eigenvalue weighted by atomic mass is 127. The van der Waals surface area contributed by atoms with E-state index in [-0.39, 0.29) is 24.0 Å². The highest BCUT2D eigenvalue weighted by Gasteiger charge is 2.01. The molecular formula is C21H26IN5. The summed E-state index contributed by atoms with van der Waals surface area (Å²) in [6, 6.07) is 19.0. The Morgan fingerprint density at radius 2 is 1.78 bits per heavy atom. The molecule has 27 heavy (non-hydrogen) atoms. The lowest BCUT2D eigenvalue weighted by Gasteiger charge is -2.13. The Balaban J connectivity index is 0.00000261. The van der Waals surface area contributed by atoms with Crippen LogP contribution in [0.4, 0.5) is 0 Å². The molecule has 1 aromatic heterocycles. The quantitative estimate of drug-likeness (QED) is 0.313. The summed E-state index contributed by atoms with van der Waals surface area (Å²) in [4.78, 5) is 8.39. The van der Waals surface area contributed by atoms with Crippen LogP contribution in [0.1, 0.15) is 16.7 Å². The first-order valence-electron chi connectivity index (χ1n) is 8.85. The molecule has 0 saturated heterocycles. The van der Waals surface area contributed by atoms with Crippen molar-refractivity contribution in [1.29, 1.82) is 0 Å². The van der Waals surface area contributed by atoms with Gasteiger partial charge >= 0.3 is 0 Å². The lowest BCUT2D eigenvalue weighted by molar-refractivity contribution is 0.783. The Bertz CT molecular complexity index is 816. The van der Waals surface area contributed by atoms with Crippen LogP contribution in [0.2, 0.25) is 0 Å². The van der Waals surface area contributed by atoms with Gasteiger partial charge in [0.25, 0.3) is 0 Å². The number of rotatable bonds is 7. The summed E-state index contributed by atoms with van der Waals surface area (Å²) < 4.78 is 2.07. The monoisotopic (exact) mass is 475 g/mol. The number of nitrogens with one attached hydrogen (secondary N) is 2. The molecule has 6 heteroatoms. The van der Waals surface area contributed by atoms with Crippen LogP contribution in [0.15, 0.2) is 78.3 Å². The Labute approximate surface area is 178 Å². The minimum Gasteiger partial charge on any atom is -0.356 e. The number of aromatic nitrogens is 2. The van der Waals surface area contributed by atoms with Crippen molar-refractivity contribution in [2.75, 3.05) is 13.6 Å². The first kappa shape index (κ1) is 21.0. The van der Waals surface area contributed by atoms with Gasteiger partial charge in [0.1, 0.15) is 0 Å². The molecular weight excluding hydrogens is 449 g/mol. The zero-order chi connectivity index (χ0) is 18.0. The molecule has 3 aromatic rings. The van der Waals surface area contributed by atoms with Crippen molar-refractivity contribution in [3.8, 4) is 0 Å². The maximum absolute atomic E-state index is 4.30. The van der Waals surface area contributed by atoms with Gasteiger partial charge in [-0.15, -0.1) is 24.0 Å². The van der Waals surface area contributed by atoms with Crippen LogP contribution in [0.3, 0.4) is 0 Å². The lowest BCUT2D eigenvalue weighted by Crippen LogP contribution is -2.37. The van der Waals surface area contributed by atoms with Gasteiger partial charge in [0.2, 0.25) is 0 Å². The summed E-state index contributed by atoms with van der Waals surface area (Å²) in [5, 5.41) is 6.74. The van der Waals surface area contributed by atoms with E-state index in [1.54, 1.807) is 13.2 Å². The van der Waals surface area contributed by atoms with Crippen LogP contribution in [0.5, 0.6) is 0 Å². The molecule has 1 heterocycles. The van der Waals surface area contributed by atoms with Crippen molar-refractivity contribution in [1.82, 2.24) is 20.2 Å². The molecule has 0 fully saturated rings. The molecule has 142 valence electrons. The van der Waals surface area contributed by atoms with Crippen molar-refractivity contribution in [3.63, 3.8) is 0 Å². The van der Waals surface area contributed by atoms with Gasteiger partial charge in [-0.05, 0) is 23.1 Å². The van der Waals surface area contributed by atoms with Crippen LogP contribution < -0.4 is 10.6 Å².